The molecule has 0 bridgehead atoms. The summed E-state index contributed by atoms with van der Waals surface area (Å²) in [5.41, 5.74) is 5.87. The molecule has 0 radical (unpaired) electrons. The van der Waals surface area contributed by atoms with Gasteiger partial charge in [0.15, 0.2) is 0 Å². The molecule has 11 nitrogen and oxygen atoms in total. The summed E-state index contributed by atoms with van der Waals surface area (Å²) in [5, 5.41) is 18.5. The van der Waals surface area contributed by atoms with Gasteiger partial charge in [0.05, 0.1) is 25.3 Å². The topological polar surface area (TPSA) is 169 Å². The second-order valence-corrected chi connectivity index (χ2v) is 8.67. The molecule has 0 heterocycles. The summed E-state index contributed by atoms with van der Waals surface area (Å²) in [5.74, 6) is -1.54. The second-order valence-electron chi connectivity index (χ2n) is 7.82. The van der Waals surface area contributed by atoms with Gasteiger partial charge in [-0.15, -0.1) is 0 Å². The molecule has 0 fully saturated rings. The predicted octanol–water partition coefficient (Wildman–Crippen LogP) is 1.47. The molecule has 0 aromatic heterocycles. The van der Waals surface area contributed by atoms with Crippen molar-refractivity contribution < 1.29 is 33.8 Å². The molecule has 0 spiro atoms. The van der Waals surface area contributed by atoms with Crippen LogP contribution in [0.25, 0.3) is 0 Å². The summed E-state index contributed by atoms with van der Waals surface area (Å²) >= 11 is 3.31. The zero-order valence-electron chi connectivity index (χ0n) is 19.2. The number of hydrogen-bond donors (Lipinski definition) is 5. The summed E-state index contributed by atoms with van der Waals surface area (Å²) in [6.07, 6.45) is -2.24. The number of primary amides is 1. The van der Waals surface area contributed by atoms with Gasteiger partial charge in [0, 0.05) is 22.2 Å². The monoisotopic (exact) mass is 560 g/mol. The van der Waals surface area contributed by atoms with Crippen LogP contribution in [0.1, 0.15) is 16.8 Å². The van der Waals surface area contributed by atoms with Crippen LogP contribution in [-0.4, -0.2) is 60.8 Å². The molecule has 2 aromatic carbocycles. The van der Waals surface area contributed by atoms with Gasteiger partial charge in [-0.25, -0.2) is 4.79 Å². The number of methoxy groups -OCH3 is 1. The number of carbonyl (C=O) groups excluding carboxylic acids is 4. The van der Waals surface area contributed by atoms with Crippen molar-refractivity contribution in [2.24, 2.45) is 5.73 Å². The van der Waals surface area contributed by atoms with E-state index in [0.29, 0.717) is 15.9 Å². The van der Waals surface area contributed by atoms with E-state index < -0.39 is 48.6 Å². The number of para-hydroxylation sites is 1. The van der Waals surface area contributed by atoms with Crippen molar-refractivity contribution in [3.63, 3.8) is 0 Å². The first-order valence-electron chi connectivity index (χ1n) is 10.8. The second kappa shape index (κ2) is 12.2. The molecule has 2 aromatic rings. The van der Waals surface area contributed by atoms with Gasteiger partial charge in [-0.2, -0.15) is 0 Å². The number of benzene rings is 2. The van der Waals surface area contributed by atoms with Crippen LogP contribution >= 0.6 is 15.9 Å². The van der Waals surface area contributed by atoms with Gasteiger partial charge in [-0.3, -0.25) is 19.7 Å². The van der Waals surface area contributed by atoms with Gasteiger partial charge in [-0.1, -0.05) is 24.3 Å². The van der Waals surface area contributed by atoms with Crippen molar-refractivity contribution in [3.05, 3.63) is 70.2 Å². The van der Waals surface area contributed by atoms with E-state index in [0.717, 1.165) is 0 Å². The van der Waals surface area contributed by atoms with Crippen LogP contribution in [-0.2, 0) is 14.3 Å². The average Bonchev–Trinajstić information content (AvgIpc) is 2.85. The molecule has 0 saturated heterocycles. The van der Waals surface area contributed by atoms with Gasteiger partial charge in [0.25, 0.3) is 5.91 Å². The number of nitrogens with one attached hydrogen (secondary N) is 3. The third-order valence-electron chi connectivity index (χ3n) is 5.26. The van der Waals surface area contributed by atoms with Crippen LogP contribution in [0, 0.1) is 0 Å². The molecule has 0 unspecified atom stereocenters. The van der Waals surface area contributed by atoms with Crippen LogP contribution < -0.4 is 26.4 Å². The molecule has 4 amide bonds. The molecular formula is C24H25BrN4O7. The normalized spacial score (nSPS) is 18.9. The summed E-state index contributed by atoms with van der Waals surface area (Å²) in [6.45, 7) is -0.410. The highest BCUT2D eigenvalue weighted by molar-refractivity contribution is 9.10. The molecule has 3 rings (SSSR count). The quantitative estimate of drug-likeness (QED) is 0.325. The maximum absolute atomic E-state index is 13.0. The number of ether oxygens (including phenoxy) is 2. The van der Waals surface area contributed by atoms with Gasteiger partial charge in [0.2, 0.25) is 11.8 Å². The van der Waals surface area contributed by atoms with E-state index >= 15 is 0 Å². The standard InChI is InChI=1S/C24H25BrN4O7/c1-35-15-7-8-17(25)16(11-15)23(33)29-18-9-13(22(32)27-12-20(26)30)10-19(21(18)31)36-24(34)28-14-5-3-2-4-6-14/h2-9,11,18-19,21,31H,10,12H2,1H3,(H2,26,30)(H,27,32)(H,28,34)(H,29,33)/t18-,19-,21-/m1/s1. The van der Waals surface area contributed by atoms with Crippen molar-refractivity contribution in [1.82, 2.24) is 10.6 Å². The number of aliphatic hydroxyl groups excluding tert-OH is 1. The van der Waals surface area contributed by atoms with Gasteiger partial charge in [-0.05, 0) is 46.3 Å². The Kier molecular flexibility index (Phi) is 9.03. The Morgan fingerprint density at radius 2 is 1.83 bits per heavy atom. The van der Waals surface area contributed by atoms with E-state index in [1.807, 2.05) is 0 Å². The number of amides is 4. The largest absolute Gasteiger partial charge is 0.497 e. The molecule has 1 aliphatic carbocycles. The van der Waals surface area contributed by atoms with Crippen molar-refractivity contribution >= 4 is 45.4 Å². The molecule has 6 N–H and O–H groups in total. The Morgan fingerprint density at radius 1 is 1.11 bits per heavy atom. The van der Waals surface area contributed by atoms with Crippen LogP contribution in [0.3, 0.4) is 0 Å². The highest BCUT2D eigenvalue weighted by Gasteiger charge is 2.37. The molecule has 190 valence electrons. The number of anilines is 1. The third-order valence-corrected chi connectivity index (χ3v) is 5.95. The minimum atomic E-state index is -1.38. The molecule has 0 saturated carbocycles. The van der Waals surface area contributed by atoms with Crippen LogP contribution in [0.2, 0.25) is 0 Å². The summed E-state index contributed by atoms with van der Waals surface area (Å²) in [4.78, 5) is 49.1. The highest BCUT2D eigenvalue weighted by atomic mass is 79.9. The van der Waals surface area contributed by atoms with Crippen LogP contribution in [0.4, 0.5) is 10.5 Å². The molecule has 36 heavy (non-hydrogen) atoms. The number of nitrogens with two attached hydrogens (primary N) is 1. The highest BCUT2D eigenvalue weighted by Crippen LogP contribution is 2.26. The first-order valence-corrected chi connectivity index (χ1v) is 11.6. The number of halogens is 1. The fourth-order valence-corrected chi connectivity index (χ4v) is 3.91. The van der Waals surface area contributed by atoms with Crippen molar-refractivity contribution in [2.75, 3.05) is 19.0 Å². The molecule has 3 atom stereocenters. The Morgan fingerprint density at radius 3 is 2.50 bits per heavy atom. The maximum atomic E-state index is 13.0. The Hall–Kier alpha value is -3.90. The lowest BCUT2D eigenvalue weighted by atomic mass is 9.89. The SMILES string of the molecule is COc1ccc(Br)c(C(=O)N[C@@H]2C=C(C(=O)NCC(N)=O)C[C@@H](OC(=O)Nc3ccccc3)[C@@H]2O)c1. The number of aliphatic hydroxyl groups is 1. The minimum Gasteiger partial charge on any atom is -0.497 e. The first-order chi connectivity index (χ1) is 17.2. The Balaban J connectivity index is 1.81. The zero-order chi connectivity index (χ0) is 26.2. The van der Waals surface area contributed by atoms with Crippen LogP contribution in [0.15, 0.2) is 64.7 Å². The van der Waals surface area contributed by atoms with Gasteiger partial charge >= 0.3 is 6.09 Å². The van der Waals surface area contributed by atoms with Gasteiger partial charge in [0.1, 0.15) is 18.0 Å². The number of rotatable bonds is 8. The Bertz CT molecular complexity index is 1170. The lowest BCUT2D eigenvalue weighted by Crippen LogP contribution is -2.52. The van der Waals surface area contributed by atoms with E-state index in [1.165, 1.54) is 19.3 Å². The molecule has 12 heteroatoms. The third kappa shape index (κ3) is 7.06. The summed E-state index contributed by atoms with van der Waals surface area (Å²) in [6, 6.07) is 12.2. The fraction of sp³-hybridized carbons (Fsp3) is 0.250. The van der Waals surface area contributed by atoms with Gasteiger partial charge < -0.3 is 30.9 Å². The smallest absolute Gasteiger partial charge is 0.411 e. The van der Waals surface area contributed by atoms with Crippen molar-refractivity contribution in [1.29, 1.82) is 0 Å². The molecule has 0 aliphatic heterocycles. The van der Waals surface area contributed by atoms with Crippen LogP contribution in [0.5, 0.6) is 5.75 Å². The minimum absolute atomic E-state index is 0.0917. The van der Waals surface area contributed by atoms with E-state index in [2.05, 4.69) is 31.9 Å². The number of carbonyl (C=O) groups is 4. The number of hydrogen-bond acceptors (Lipinski definition) is 7. The average molecular weight is 561 g/mol. The predicted molar refractivity (Wildman–Crippen MR) is 133 cm³/mol. The molecule has 1 aliphatic rings. The van der Waals surface area contributed by atoms with E-state index in [9.17, 15) is 24.3 Å². The van der Waals surface area contributed by atoms with E-state index in [-0.39, 0.29) is 17.6 Å². The molecular weight excluding hydrogens is 536 g/mol. The lowest BCUT2D eigenvalue weighted by molar-refractivity contribution is -0.123. The Labute approximate surface area is 215 Å². The lowest BCUT2D eigenvalue weighted by Gasteiger charge is -2.33. The van der Waals surface area contributed by atoms with Crippen molar-refractivity contribution in [3.8, 4) is 5.75 Å². The summed E-state index contributed by atoms with van der Waals surface area (Å²) < 4.78 is 11.0. The first kappa shape index (κ1) is 26.7. The maximum Gasteiger partial charge on any atom is 0.411 e. The van der Waals surface area contributed by atoms with E-state index in [1.54, 1.807) is 42.5 Å². The zero-order valence-corrected chi connectivity index (χ0v) is 20.8. The van der Waals surface area contributed by atoms with Crippen molar-refractivity contribution in [2.45, 2.75) is 24.7 Å². The fourth-order valence-electron chi connectivity index (χ4n) is 3.48. The summed E-state index contributed by atoms with van der Waals surface area (Å²) in [7, 11) is 1.46. The van der Waals surface area contributed by atoms with E-state index in [4.69, 9.17) is 15.2 Å².